The first-order valence-corrected chi connectivity index (χ1v) is 5.77. The summed E-state index contributed by atoms with van der Waals surface area (Å²) in [6.07, 6.45) is 0.662. The van der Waals surface area contributed by atoms with Crippen molar-refractivity contribution in [3.63, 3.8) is 0 Å². The molecule has 92 valence electrons. The van der Waals surface area contributed by atoms with Gasteiger partial charge in [-0.15, -0.1) is 11.8 Å². The van der Waals surface area contributed by atoms with Gasteiger partial charge in [-0.1, -0.05) is 0 Å². The number of nitrogen functional groups attached to an aromatic ring is 1. The van der Waals surface area contributed by atoms with E-state index in [2.05, 4.69) is 22.1 Å². The molecular formula is C14H15N3O. The van der Waals surface area contributed by atoms with E-state index in [0.29, 0.717) is 24.3 Å². The lowest BCUT2D eigenvalue weighted by molar-refractivity contribution is 0.0950. The van der Waals surface area contributed by atoms with Gasteiger partial charge in [0.25, 0.3) is 5.91 Å². The number of aromatic amines is 1. The van der Waals surface area contributed by atoms with Crippen molar-refractivity contribution in [2.75, 3.05) is 12.3 Å². The molecule has 1 amide bonds. The molecule has 1 aromatic carbocycles. The maximum absolute atomic E-state index is 11.8. The second-order valence-electron chi connectivity index (χ2n) is 3.96. The number of rotatable bonds is 3. The first kappa shape index (κ1) is 12.1. The first-order valence-electron chi connectivity index (χ1n) is 5.77. The van der Waals surface area contributed by atoms with Crippen molar-refractivity contribution >= 4 is 22.5 Å². The average Bonchev–Trinajstić information content (AvgIpc) is 2.77. The van der Waals surface area contributed by atoms with Gasteiger partial charge in [0.2, 0.25) is 0 Å². The van der Waals surface area contributed by atoms with E-state index in [1.807, 2.05) is 12.1 Å². The van der Waals surface area contributed by atoms with Crippen LogP contribution in [0.15, 0.2) is 24.3 Å². The van der Waals surface area contributed by atoms with Gasteiger partial charge in [0.05, 0.1) is 0 Å². The molecule has 2 aromatic rings. The van der Waals surface area contributed by atoms with Crippen molar-refractivity contribution in [1.82, 2.24) is 10.3 Å². The second-order valence-corrected chi connectivity index (χ2v) is 3.96. The zero-order chi connectivity index (χ0) is 13.0. The molecule has 0 fully saturated rings. The summed E-state index contributed by atoms with van der Waals surface area (Å²) in [5, 5.41) is 3.74. The number of aromatic nitrogens is 1. The summed E-state index contributed by atoms with van der Waals surface area (Å²) in [6, 6.07) is 7.30. The van der Waals surface area contributed by atoms with Crippen LogP contribution in [0.1, 0.15) is 23.8 Å². The van der Waals surface area contributed by atoms with Crippen LogP contribution in [0.25, 0.3) is 10.9 Å². The molecule has 0 unspecified atom stereocenters. The number of nitrogens with one attached hydrogen (secondary N) is 2. The Kier molecular flexibility index (Phi) is 3.54. The van der Waals surface area contributed by atoms with Gasteiger partial charge < -0.3 is 16.0 Å². The van der Waals surface area contributed by atoms with Crippen LogP contribution in [0.5, 0.6) is 0 Å². The summed E-state index contributed by atoms with van der Waals surface area (Å²) in [5.41, 5.74) is 7.83. The summed E-state index contributed by atoms with van der Waals surface area (Å²) in [7, 11) is 0. The normalized spacial score (nSPS) is 9.83. The molecule has 4 heteroatoms. The minimum atomic E-state index is -0.123. The summed E-state index contributed by atoms with van der Waals surface area (Å²) in [4.78, 5) is 14.9. The highest BCUT2D eigenvalue weighted by Gasteiger charge is 2.08. The Morgan fingerprint density at radius 2 is 2.28 bits per heavy atom. The number of fused-ring (bicyclic) bond motifs is 1. The molecule has 1 heterocycles. The highest BCUT2D eigenvalue weighted by Crippen LogP contribution is 2.18. The average molecular weight is 241 g/mol. The predicted molar refractivity (Wildman–Crippen MR) is 73.1 cm³/mol. The Bertz CT molecular complexity index is 631. The van der Waals surface area contributed by atoms with Gasteiger partial charge >= 0.3 is 0 Å². The highest BCUT2D eigenvalue weighted by atomic mass is 16.1. The van der Waals surface area contributed by atoms with Crippen molar-refractivity contribution in [3.05, 3.63) is 30.0 Å². The number of anilines is 1. The molecule has 1 aromatic heterocycles. The van der Waals surface area contributed by atoms with Crippen molar-refractivity contribution in [1.29, 1.82) is 0 Å². The third-order valence-corrected chi connectivity index (χ3v) is 2.60. The predicted octanol–water partition coefficient (Wildman–Crippen LogP) is 1.89. The summed E-state index contributed by atoms with van der Waals surface area (Å²) < 4.78 is 0. The van der Waals surface area contributed by atoms with Crippen LogP contribution in [0.3, 0.4) is 0 Å². The van der Waals surface area contributed by atoms with E-state index in [1.165, 1.54) is 0 Å². The zero-order valence-electron chi connectivity index (χ0n) is 10.2. The van der Waals surface area contributed by atoms with Crippen LogP contribution in [0.2, 0.25) is 0 Å². The van der Waals surface area contributed by atoms with Gasteiger partial charge in [0.1, 0.15) is 5.69 Å². The Morgan fingerprint density at radius 3 is 3.06 bits per heavy atom. The maximum atomic E-state index is 11.8. The summed E-state index contributed by atoms with van der Waals surface area (Å²) in [5.74, 6) is 5.56. The van der Waals surface area contributed by atoms with Gasteiger partial charge in [-0.3, -0.25) is 4.79 Å². The Morgan fingerprint density at radius 1 is 1.44 bits per heavy atom. The topological polar surface area (TPSA) is 70.9 Å². The van der Waals surface area contributed by atoms with E-state index in [9.17, 15) is 4.79 Å². The Balaban J connectivity index is 2.10. The van der Waals surface area contributed by atoms with Crippen LogP contribution < -0.4 is 11.1 Å². The number of benzene rings is 1. The molecule has 0 spiro atoms. The highest BCUT2D eigenvalue weighted by molar-refractivity contribution is 5.98. The Hall–Kier alpha value is -2.41. The van der Waals surface area contributed by atoms with Crippen LogP contribution in [-0.2, 0) is 0 Å². The van der Waals surface area contributed by atoms with E-state index in [0.717, 1.165) is 10.9 Å². The Labute approximate surface area is 106 Å². The van der Waals surface area contributed by atoms with E-state index >= 15 is 0 Å². The number of amides is 1. The molecular weight excluding hydrogens is 226 g/mol. The molecule has 0 saturated carbocycles. The van der Waals surface area contributed by atoms with Crippen molar-refractivity contribution in [3.8, 4) is 11.8 Å². The molecule has 0 aliphatic carbocycles. The standard InChI is InChI=1S/C14H15N3O/c1-2-3-4-7-16-14(18)13-9-10-8-11(15)5-6-12(10)17-13/h5-6,8-9,17H,4,7,15H2,1H3,(H,16,18). The van der Waals surface area contributed by atoms with E-state index in [4.69, 9.17) is 5.73 Å². The van der Waals surface area contributed by atoms with Crippen LogP contribution in [0.4, 0.5) is 5.69 Å². The molecule has 0 radical (unpaired) electrons. The van der Waals surface area contributed by atoms with Gasteiger partial charge in [-0.2, -0.15) is 0 Å². The molecule has 4 nitrogen and oxygen atoms in total. The third kappa shape index (κ3) is 2.64. The monoisotopic (exact) mass is 241 g/mol. The van der Waals surface area contributed by atoms with Gasteiger partial charge in [0.15, 0.2) is 0 Å². The minimum absolute atomic E-state index is 0.123. The van der Waals surface area contributed by atoms with Gasteiger partial charge in [0, 0.05) is 29.6 Å². The van der Waals surface area contributed by atoms with E-state index in [-0.39, 0.29) is 5.91 Å². The maximum Gasteiger partial charge on any atom is 0.267 e. The fourth-order valence-electron chi connectivity index (χ4n) is 1.73. The van der Waals surface area contributed by atoms with E-state index < -0.39 is 0 Å². The number of carbonyl (C=O) groups excluding carboxylic acids is 1. The molecule has 0 aliphatic heterocycles. The van der Waals surface area contributed by atoms with Gasteiger partial charge in [-0.05, 0) is 31.2 Å². The molecule has 4 N–H and O–H groups in total. The van der Waals surface area contributed by atoms with Crippen LogP contribution in [-0.4, -0.2) is 17.4 Å². The minimum Gasteiger partial charge on any atom is -0.399 e. The lowest BCUT2D eigenvalue weighted by Crippen LogP contribution is -2.24. The smallest absolute Gasteiger partial charge is 0.267 e. The largest absolute Gasteiger partial charge is 0.399 e. The van der Waals surface area contributed by atoms with Crippen molar-refractivity contribution in [2.45, 2.75) is 13.3 Å². The fraction of sp³-hybridized carbons (Fsp3) is 0.214. The van der Waals surface area contributed by atoms with Crippen LogP contribution >= 0.6 is 0 Å². The number of hydrogen-bond acceptors (Lipinski definition) is 2. The molecule has 0 atom stereocenters. The quantitative estimate of drug-likeness (QED) is 0.436. The van der Waals surface area contributed by atoms with Crippen molar-refractivity contribution < 1.29 is 4.79 Å². The summed E-state index contributed by atoms with van der Waals surface area (Å²) in [6.45, 7) is 2.33. The van der Waals surface area contributed by atoms with Crippen molar-refractivity contribution in [2.24, 2.45) is 0 Å². The molecule has 18 heavy (non-hydrogen) atoms. The molecule has 0 aliphatic rings. The second kappa shape index (κ2) is 5.28. The number of H-pyrrole nitrogens is 1. The first-order chi connectivity index (χ1) is 8.70. The van der Waals surface area contributed by atoms with Gasteiger partial charge in [-0.25, -0.2) is 0 Å². The van der Waals surface area contributed by atoms with Crippen LogP contribution in [0, 0.1) is 11.8 Å². The number of hydrogen-bond donors (Lipinski definition) is 3. The number of nitrogens with two attached hydrogens (primary N) is 1. The zero-order valence-corrected chi connectivity index (χ0v) is 10.2. The molecule has 0 saturated heterocycles. The lowest BCUT2D eigenvalue weighted by Gasteiger charge is -1.99. The molecule has 2 rings (SSSR count). The summed E-state index contributed by atoms with van der Waals surface area (Å²) >= 11 is 0. The van der Waals surface area contributed by atoms with E-state index in [1.54, 1.807) is 19.1 Å². The lowest BCUT2D eigenvalue weighted by atomic mass is 10.2. The fourth-order valence-corrected chi connectivity index (χ4v) is 1.73. The SMILES string of the molecule is CC#CCCNC(=O)c1cc2cc(N)ccc2[nH]1. The number of carbonyl (C=O) groups is 1. The third-order valence-electron chi connectivity index (χ3n) is 2.60. The molecule has 0 bridgehead atoms.